The summed E-state index contributed by atoms with van der Waals surface area (Å²) in [5, 5.41) is 13.4. The number of amides is 1. The van der Waals surface area contributed by atoms with E-state index in [0.717, 1.165) is 0 Å². The molecule has 0 radical (unpaired) electrons. The average Bonchev–Trinajstić information content (AvgIpc) is 2.70. The fourth-order valence-electron chi connectivity index (χ4n) is 2.22. The monoisotopic (exact) mass is 416 g/mol. The van der Waals surface area contributed by atoms with Gasteiger partial charge in [-0.1, -0.05) is 12.1 Å². The first-order chi connectivity index (χ1) is 14.3. The molecule has 30 heavy (non-hydrogen) atoms. The Morgan fingerprint density at radius 2 is 1.70 bits per heavy atom. The molecule has 1 N–H and O–H groups in total. The number of anilines is 1. The lowest BCUT2D eigenvalue weighted by atomic mass is 10.2. The number of esters is 2. The first-order valence-electron chi connectivity index (χ1n) is 8.89. The van der Waals surface area contributed by atoms with E-state index in [1.807, 2.05) is 0 Å². The highest BCUT2D eigenvalue weighted by molar-refractivity contribution is 5.94. The minimum atomic E-state index is -0.866. The van der Waals surface area contributed by atoms with Gasteiger partial charge in [-0.2, -0.15) is 0 Å². The molecule has 0 atom stereocenters. The van der Waals surface area contributed by atoms with Gasteiger partial charge in [0.15, 0.2) is 19.0 Å². The Bertz CT molecular complexity index is 925. The summed E-state index contributed by atoms with van der Waals surface area (Å²) >= 11 is 0. The van der Waals surface area contributed by atoms with Gasteiger partial charge < -0.3 is 19.5 Å². The number of nitro groups is 1. The molecule has 0 unspecified atom stereocenters. The number of para-hydroxylation sites is 2. The summed E-state index contributed by atoms with van der Waals surface area (Å²) in [6.45, 7) is 2.31. The van der Waals surface area contributed by atoms with Crippen molar-refractivity contribution in [1.82, 2.24) is 0 Å². The number of carbonyl (C=O) groups is 3. The zero-order valence-corrected chi connectivity index (χ0v) is 16.3. The number of ether oxygens (including phenoxy) is 3. The van der Waals surface area contributed by atoms with Gasteiger partial charge in [0.05, 0.1) is 16.6 Å². The van der Waals surface area contributed by atoms with Gasteiger partial charge in [-0.25, -0.2) is 9.59 Å². The Kier molecular flexibility index (Phi) is 7.86. The van der Waals surface area contributed by atoms with Gasteiger partial charge in [-0.05, 0) is 44.2 Å². The van der Waals surface area contributed by atoms with E-state index in [4.69, 9.17) is 14.2 Å². The first-order valence-corrected chi connectivity index (χ1v) is 8.89. The molecule has 0 aliphatic rings. The Morgan fingerprint density at radius 3 is 2.33 bits per heavy atom. The molecular weight excluding hydrogens is 396 g/mol. The normalized spacial score (nSPS) is 10.2. The summed E-state index contributed by atoms with van der Waals surface area (Å²) in [4.78, 5) is 45.6. The van der Waals surface area contributed by atoms with Gasteiger partial charge in [-0.3, -0.25) is 14.9 Å². The highest BCUT2D eigenvalue weighted by Gasteiger charge is 2.16. The molecule has 0 aromatic heterocycles. The first kappa shape index (κ1) is 22.3. The van der Waals surface area contributed by atoms with E-state index in [1.165, 1.54) is 48.5 Å². The predicted molar refractivity (Wildman–Crippen MR) is 105 cm³/mol. The lowest BCUT2D eigenvalue weighted by Crippen LogP contribution is -2.23. The van der Waals surface area contributed by atoms with Crippen LogP contribution in [0.1, 0.15) is 24.2 Å². The van der Waals surface area contributed by atoms with Crippen LogP contribution in [0.4, 0.5) is 11.4 Å². The molecule has 158 valence electrons. The third kappa shape index (κ3) is 6.89. The number of hydrogen-bond acceptors (Lipinski definition) is 8. The molecule has 10 heteroatoms. The molecule has 0 saturated carbocycles. The second-order valence-corrected chi connectivity index (χ2v) is 6.25. The van der Waals surface area contributed by atoms with E-state index in [0.29, 0.717) is 11.3 Å². The summed E-state index contributed by atoms with van der Waals surface area (Å²) in [6.07, 6.45) is -0.247. The molecule has 1 amide bonds. The SMILES string of the molecule is CC(C)OC(=O)c1ccc(NC(=O)COC(=O)COc2ccccc2[N+](=O)[O-])cc1. The largest absolute Gasteiger partial charge is 0.475 e. The van der Waals surface area contributed by atoms with Crippen LogP contribution in [0.3, 0.4) is 0 Å². The second kappa shape index (κ2) is 10.6. The number of nitrogens with one attached hydrogen (secondary N) is 1. The number of benzene rings is 2. The fourth-order valence-corrected chi connectivity index (χ4v) is 2.22. The van der Waals surface area contributed by atoms with Crippen LogP contribution in [0, 0.1) is 10.1 Å². The smallest absolute Gasteiger partial charge is 0.344 e. The number of hydrogen-bond donors (Lipinski definition) is 1. The molecular formula is C20H20N2O8. The van der Waals surface area contributed by atoms with Crippen LogP contribution in [0.25, 0.3) is 0 Å². The Balaban J connectivity index is 1.78. The lowest BCUT2D eigenvalue weighted by Gasteiger charge is -2.09. The molecule has 2 aromatic carbocycles. The Labute approximate surface area is 171 Å². The second-order valence-electron chi connectivity index (χ2n) is 6.25. The molecule has 0 aliphatic heterocycles. The van der Waals surface area contributed by atoms with Crippen molar-refractivity contribution in [2.24, 2.45) is 0 Å². The molecule has 0 aliphatic carbocycles. The minimum Gasteiger partial charge on any atom is -0.475 e. The quantitative estimate of drug-likeness (QED) is 0.375. The number of nitro benzene ring substituents is 1. The molecule has 0 saturated heterocycles. The standard InChI is InChI=1S/C20H20N2O8/c1-13(2)30-20(25)14-7-9-15(10-8-14)21-18(23)11-29-19(24)12-28-17-6-4-3-5-16(17)22(26)27/h3-10,13H,11-12H2,1-2H3,(H,21,23). The van der Waals surface area contributed by atoms with Crippen molar-refractivity contribution in [2.45, 2.75) is 20.0 Å². The van der Waals surface area contributed by atoms with Crippen molar-refractivity contribution < 1.29 is 33.5 Å². The average molecular weight is 416 g/mol. The lowest BCUT2D eigenvalue weighted by molar-refractivity contribution is -0.385. The summed E-state index contributed by atoms with van der Waals surface area (Å²) < 4.78 is 14.9. The molecule has 2 rings (SSSR count). The summed E-state index contributed by atoms with van der Waals surface area (Å²) in [6, 6.07) is 11.6. The highest BCUT2D eigenvalue weighted by Crippen LogP contribution is 2.25. The van der Waals surface area contributed by atoms with Gasteiger partial charge in [0, 0.05) is 11.8 Å². The van der Waals surface area contributed by atoms with Crippen molar-refractivity contribution in [3.8, 4) is 5.75 Å². The molecule has 2 aromatic rings. The Morgan fingerprint density at radius 1 is 1.03 bits per heavy atom. The molecule has 0 bridgehead atoms. The van der Waals surface area contributed by atoms with Gasteiger partial charge in [0.1, 0.15) is 0 Å². The van der Waals surface area contributed by atoms with Gasteiger partial charge in [0.2, 0.25) is 0 Å². The third-order valence-corrected chi connectivity index (χ3v) is 3.52. The summed E-state index contributed by atoms with van der Waals surface area (Å²) in [5.74, 6) is -2.03. The summed E-state index contributed by atoms with van der Waals surface area (Å²) in [5.41, 5.74) is 0.442. The van der Waals surface area contributed by atoms with Crippen molar-refractivity contribution in [3.63, 3.8) is 0 Å². The molecule has 0 fully saturated rings. The predicted octanol–water partition coefficient (Wildman–Crippen LogP) is 2.72. The number of carbonyl (C=O) groups excluding carboxylic acids is 3. The summed E-state index contributed by atoms with van der Waals surface area (Å²) in [7, 11) is 0. The maximum Gasteiger partial charge on any atom is 0.344 e. The molecule has 0 spiro atoms. The maximum absolute atomic E-state index is 11.9. The van der Waals surface area contributed by atoms with Crippen LogP contribution in [0.15, 0.2) is 48.5 Å². The van der Waals surface area contributed by atoms with E-state index in [1.54, 1.807) is 13.8 Å². The number of rotatable bonds is 9. The van der Waals surface area contributed by atoms with Gasteiger partial charge >= 0.3 is 17.6 Å². The zero-order chi connectivity index (χ0) is 22.1. The van der Waals surface area contributed by atoms with Crippen molar-refractivity contribution in [1.29, 1.82) is 0 Å². The fraction of sp³-hybridized carbons (Fsp3) is 0.250. The van der Waals surface area contributed by atoms with E-state index in [2.05, 4.69) is 5.32 Å². The Hall–Kier alpha value is -3.95. The van der Waals surface area contributed by atoms with E-state index >= 15 is 0 Å². The van der Waals surface area contributed by atoms with E-state index in [-0.39, 0.29) is 17.5 Å². The third-order valence-electron chi connectivity index (χ3n) is 3.52. The van der Waals surface area contributed by atoms with Crippen LogP contribution >= 0.6 is 0 Å². The van der Waals surface area contributed by atoms with Crippen molar-refractivity contribution >= 4 is 29.2 Å². The van der Waals surface area contributed by atoms with E-state index in [9.17, 15) is 24.5 Å². The van der Waals surface area contributed by atoms with Crippen LogP contribution in [-0.4, -0.2) is 42.1 Å². The maximum atomic E-state index is 11.9. The van der Waals surface area contributed by atoms with Crippen molar-refractivity contribution in [2.75, 3.05) is 18.5 Å². The van der Waals surface area contributed by atoms with Crippen LogP contribution in [-0.2, 0) is 19.1 Å². The molecule has 10 nitrogen and oxygen atoms in total. The van der Waals surface area contributed by atoms with Crippen LogP contribution < -0.4 is 10.1 Å². The zero-order valence-electron chi connectivity index (χ0n) is 16.3. The van der Waals surface area contributed by atoms with Gasteiger partial charge in [0.25, 0.3) is 5.91 Å². The molecule has 0 heterocycles. The van der Waals surface area contributed by atoms with E-state index < -0.39 is 36.0 Å². The number of nitrogens with zero attached hydrogens (tertiary/aromatic N) is 1. The minimum absolute atomic E-state index is 0.0833. The van der Waals surface area contributed by atoms with Gasteiger partial charge in [-0.15, -0.1) is 0 Å². The topological polar surface area (TPSA) is 134 Å². The highest BCUT2D eigenvalue weighted by atomic mass is 16.6. The van der Waals surface area contributed by atoms with Crippen LogP contribution in [0.5, 0.6) is 5.75 Å². The van der Waals surface area contributed by atoms with Crippen LogP contribution in [0.2, 0.25) is 0 Å². The van der Waals surface area contributed by atoms with Crippen molar-refractivity contribution in [3.05, 3.63) is 64.2 Å².